The van der Waals surface area contributed by atoms with Crippen molar-refractivity contribution in [3.05, 3.63) is 33.4 Å². The van der Waals surface area contributed by atoms with Gasteiger partial charge in [-0.2, -0.15) is 0 Å². The number of nitro groups is 1. The number of sulfonamides is 1. The molecular formula is C8H8F2N2O4S. The number of nitrogens with two attached hydrogens (primary N) is 1. The van der Waals surface area contributed by atoms with Gasteiger partial charge in [0, 0.05) is 11.6 Å². The summed E-state index contributed by atoms with van der Waals surface area (Å²) in [5.74, 6) is 0. The average molecular weight is 266 g/mol. The van der Waals surface area contributed by atoms with Gasteiger partial charge >= 0.3 is 0 Å². The first-order valence-electron chi connectivity index (χ1n) is 4.26. The highest BCUT2D eigenvalue weighted by atomic mass is 32.2. The normalized spacial score (nSPS) is 11.5. The molecule has 6 nitrogen and oxygen atoms in total. The first-order chi connectivity index (χ1) is 7.81. The maximum absolute atomic E-state index is 12.6. The smallest absolute Gasteiger partial charge is 0.258 e. The lowest BCUT2D eigenvalue weighted by molar-refractivity contribution is -0.386. The highest BCUT2D eigenvalue weighted by Gasteiger charge is 2.23. The monoisotopic (exact) mass is 266 g/mol. The molecule has 0 unspecified atom stereocenters. The van der Waals surface area contributed by atoms with Crippen LogP contribution in [0.15, 0.2) is 17.0 Å². The number of alkyl halides is 2. The maximum Gasteiger partial charge on any atom is 0.276 e. The highest BCUT2D eigenvalue weighted by Crippen LogP contribution is 2.27. The van der Waals surface area contributed by atoms with Crippen LogP contribution in [-0.2, 0) is 23.4 Å². The minimum absolute atomic E-state index is 0.393. The molecule has 94 valence electrons. The molecule has 0 aliphatic carbocycles. The Morgan fingerprint density at radius 2 is 1.76 bits per heavy atom. The van der Waals surface area contributed by atoms with Crippen molar-refractivity contribution in [1.29, 1.82) is 0 Å². The third-order valence-electron chi connectivity index (χ3n) is 2.05. The molecule has 0 amide bonds. The molecule has 0 saturated carbocycles. The van der Waals surface area contributed by atoms with Crippen molar-refractivity contribution in [2.45, 2.75) is 18.2 Å². The Labute approximate surface area is 95.2 Å². The second kappa shape index (κ2) is 4.72. The molecule has 0 radical (unpaired) electrons. The third-order valence-corrected chi connectivity index (χ3v) is 3.05. The van der Waals surface area contributed by atoms with E-state index in [1.807, 2.05) is 0 Å². The predicted molar refractivity (Wildman–Crippen MR) is 54.1 cm³/mol. The van der Waals surface area contributed by atoms with Crippen LogP contribution in [-0.4, -0.2) is 13.3 Å². The van der Waals surface area contributed by atoms with Crippen molar-refractivity contribution >= 4 is 15.7 Å². The van der Waals surface area contributed by atoms with Crippen LogP contribution in [0.2, 0.25) is 0 Å². The van der Waals surface area contributed by atoms with Crippen molar-refractivity contribution in [3.63, 3.8) is 0 Å². The molecule has 0 fully saturated rings. The maximum atomic E-state index is 12.6. The van der Waals surface area contributed by atoms with E-state index in [9.17, 15) is 27.3 Å². The van der Waals surface area contributed by atoms with Gasteiger partial charge in [-0.05, 0) is 6.07 Å². The van der Waals surface area contributed by atoms with Crippen molar-refractivity contribution in [3.8, 4) is 0 Å². The van der Waals surface area contributed by atoms with Gasteiger partial charge in [0.15, 0.2) is 0 Å². The number of benzene rings is 1. The summed E-state index contributed by atoms with van der Waals surface area (Å²) in [6.45, 7) is -2.41. The number of nitrogens with zero attached hydrogens (tertiary/aromatic N) is 1. The molecule has 0 atom stereocenters. The zero-order chi connectivity index (χ0) is 13.2. The predicted octanol–water partition coefficient (Wildman–Crippen LogP) is 1.18. The fourth-order valence-corrected chi connectivity index (χ4v) is 2.07. The summed E-state index contributed by atoms with van der Waals surface area (Å²) < 4.78 is 47.2. The quantitative estimate of drug-likeness (QED) is 0.652. The molecule has 0 bridgehead atoms. The average Bonchev–Trinajstić information content (AvgIpc) is 2.25. The summed E-state index contributed by atoms with van der Waals surface area (Å²) in [6.07, 6.45) is 0. The van der Waals surface area contributed by atoms with Gasteiger partial charge in [0.2, 0.25) is 10.0 Å². The fourth-order valence-electron chi connectivity index (χ4n) is 1.31. The second-order valence-electron chi connectivity index (χ2n) is 3.16. The number of rotatable bonds is 4. The van der Waals surface area contributed by atoms with E-state index in [0.29, 0.717) is 6.07 Å². The topological polar surface area (TPSA) is 103 Å². The number of halogens is 2. The Morgan fingerprint density at radius 1 is 1.24 bits per heavy atom. The number of primary sulfonamides is 1. The Balaban J connectivity index is 3.62. The van der Waals surface area contributed by atoms with E-state index in [0.717, 1.165) is 6.07 Å². The van der Waals surface area contributed by atoms with Crippen LogP contribution in [0.3, 0.4) is 0 Å². The summed E-state index contributed by atoms with van der Waals surface area (Å²) in [7, 11) is -4.29. The number of hydrogen-bond acceptors (Lipinski definition) is 4. The van der Waals surface area contributed by atoms with Gasteiger partial charge < -0.3 is 0 Å². The summed E-state index contributed by atoms with van der Waals surface area (Å²) in [6, 6.07) is 1.36. The molecular weight excluding hydrogens is 258 g/mol. The van der Waals surface area contributed by atoms with E-state index < -0.39 is 50.0 Å². The summed E-state index contributed by atoms with van der Waals surface area (Å²) >= 11 is 0. The molecule has 0 spiro atoms. The molecule has 17 heavy (non-hydrogen) atoms. The minimum Gasteiger partial charge on any atom is -0.258 e. The van der Waals surface area contributed by atoms with Gasteiger partial charge in [-0.25, -0.2) is 22.3 Å². The van der Waals surface area contributed by atoms with Crippen molar-refractivity contribution in [2.24, 2.45) is 5.14 Å². The Hall–Kier alpha value is -1.61. The molecule has 0 aromatic heterocycles. The van der Waals surface area contributed by atoms with Crippen molar-refractivity contribution < 1.29 is 22.1 Å². The van der Waals surface area contributed by atoms with Crippen LogP contribution in [0, 0.1) is 10.1 Å². The Morgan fingerprint density at radius 3 is 2.12 bits per heavy atom. The summed E-state index contributed by atoms with van der Waals surface area (Å²) in [4.78, 5) is 8.91. The largest absolute Gasteiger partial charge is 0.276 e. The minimum atomic E-state index is -4.29. The molecule has 0 saturated heterocycles. The van der Waals surface area contributed by atoms with Gasteiger partial charge in [-0.3, -0.25) is 10.1 Å². The third kappa shape index (κ3) is 2.74. The molecule has 1 aromatic carbocycles. The molecule has 0 heterocycles. The lowest BCUT2D eigenvalue weighted by atomic mass is 10.1. The molecule has 0 aliphatic rings. The van der Waals surface area contributed by atoms with E-state index >= 15 is 0 Å². The molecule has 1 rings (SSSR count). The second-order valence-corrected chi connectivity index (χ2v) is 4.69. The molecule has 9 heteroatoms. The van der Waals surface area contributed by atoms with Crippen LogP contribution in [0.1, 0.15) is 11.1 Å². The van der Waals surface area contributed by atoms with Gasteiger partial charge in [0.25, 0.3) is 5.69 Å². The number of nitro benzene ring substituents is 1. The van der Waals surface area contributed by atoms with E-state index in [2.05, 4.69) is 0 Å². The Kier molecular flexibility index (Phi) is 3.73. The summed E-state index contributed by atoms with van der Waals surface area (Å²) in [5.41, 5.74) is -1.53. The lowest BCUT2D eigenvalue weighted by Crippen LogP contribution is -2.15. The van der Waals surface area contributed by atoms with Crippen LogP contribution in [0.4, 0.5) is 14.5 Å². The van der Waals surface area contributed by atoms with E-state index in [-0.39, 0.29) is 0 Å². The van der Waals surface area contributed by atoms with Gasteiger partial charge in [0.1, 0.15) is 13.3 Å². The van der Waals surface area contributed by atoms with Crippen LogP contribution in [0.25, 0.3) is 0 Å². The van der Waals surface area contributed by atoms with Gasteiger partial charge in [0.05, 0.1) is 15.4 Å². The Bertz CT molecular complexity index is 559. The van der Waals surface area contributed by atoms with Crippen molar-refractivity contribution in [2.75, 3.05) is 0 Å². The summed E-state index contributed by atoms with van der Waals surface area (Å²) in [5, 5.41) is 15.4. The first-order valence-corrected chi connectivity index (χ1v) is 5.80. The SMILES string of the molecule is NS(=O)(=O)c1cc([N+](=O)[O-])c(CF)cc1CF. The van der Waals surface area contributed by atoms with Gasteiger partial charge in [-0.15, -0.1) is 0 Å². The van der Waals surface area contributed by atoms with E-state index in [1.165, 1.54) is 0 Å². The van der Waals surface area contributed by atoms with Crippen molar-refractivity contribution in [1.82, 2.24) is 0 Å². The molecule has 0 aliphatic heterocycles. The number of hydrogen-bond donors (Lipinski definition) is 1. The van der Waals surface area contributed by atoms with E-state index in [1.54, 1.807) is 0 Å². The zero-order valence-electron chi connectivity index (χ0n) is 8.39. The fraction of sp³-hybridized carbons (Fsp3) is 0.250. The van der Waals surface area contributed by atoms with Gasteiger partial charge in [-0.1, -0.05) is 0 Å². The highest BCUT2D eigenvalue weighted by molar-refractivity contribution is 7.89. The van der Waals surface area contributed by atoms with Crippen LogP contribution >= 0.6 is 0 Å². The lowest BCUT2D eigenvalue weighted by Gasteiger charge is -2.06. The van der Waals surface area contributed by atoms with Crippen LogP contribution < -0.4 is 5.14 Å². The van der Waals surface area contributed by atoms with E-state index in [4.69, 9.17) is 5.14 Å². The van der Waals surface area contributed by atoms with Crippen LogP contribution in [0.5, 0.6) is 0 Å². The zero-order valence-corrected chi connectivity index (χ0v) is 9.21. The molecule has 2 N–H and O–H groups in total. The standard InChI is InChI=1S/C8H8F2N2O4S/c9-3-5-1-6(4-10)8(17(11,15)16)2-7(5)12(13)14/h1-2H,3-4H2,(H2,11,15,16). The molecule has 1 aromatic rings. The first kappa shape index (κ1) is 13.5.